The molecule has 0 aliphatic heterocycles. The van der Waals surface area contributed by atoms with Crippen molar-refractivity contribution in [1.29, 1.82) is 0 Å². The normalized spacial score (nSPS) is 12.1. The minimum absolute atomic E-state index is 0.112. The summed E-state index contributed by atoms with van der Waals surface area (Å²) in [6, 6.07) is 8.73. The van der Waals surface area contributed by atoms with Crippen LogP contribution >= 0.6 is 0 Å². The number of nitrogens with two attached hydrogens (primary N) is 1. The van der Waals surface area contributed by atoms with Gasteiger partial charge in [-0.25, -0.2) is 0 Å². The van der Waals surface area contributed by atoms with Gasteiger partial charge in [-0.1, -0.05) is 32.1 Å². The Morgan fingerprint density at radius 1 is 1.28 bits per heavy atom. The van der Waals surface area contributed by atoms with Gasteiger partial charge in [0.1, 0.15) is 0 Å². The van der Waals surface area contributed by atoms with Crippen LogP contribution in [0.25, 0.3) is 0 Å². The predicted molar refractivity (Wildman–Crippen MR) is 80.8 cm³/mol. The van der Waals surface area contributed by atoms with Crippen molar-refractivity contribution >= 4 is 5.69 Å². The molecule has 2 N–H and O–H groups in total. The van der Waals surface area contributed by atoms with Gasteiger partial charge in [0.2, 0.25) is 0 Å². The van der Waals surface area contributed by atoms with Crippen LogP contribution in [-0.2, 0) is 5.41 Å². The van der Waals surface area contributed by atoms with E-state index < -0.39 is 0 Å². The second-order valence-corrected chi connectivity index (χ2v) is 5.82. The second kappa shape index (κ2) is 6.05. The lowest BCUT2D eigenvalue weighted by atomic mass is 9.83. The zero-order valence-corrected chi connectivity index (χ0v) is 12.1. The van der Waals surface area contributed by atoms with Gasteiger partial charge in [-0.3, -0.25) is 4.90 Å². The van der Waals surface area contributed by atoms with Gasteiger partial charge in [-0.05, 0) is 31.5 Å². The van der Waals surface area contributed by atoms with E-state index in [-0.39, 0.29) is 5.41 Å². The molecule has 0 aliphatic rings. The molecular weight excluding hydrogens is 220 g/mol. The fourth-order valence-corrected chi connectivity index (χ4v) is 2.16. The fraction of sp³-hybridized carbons (Fsp3) is 0.500. The summed E-state index contributed by atoms with van der Waals surface area (Å²) in [5.74, 6) is 0. The highest BCUT2D eigenvalue weighted by Crippen LogP contribution is 2.25. The van der Waals surface area contributed by atoms with E-state index in [1.165, 1.54) is 5.56 Å². The molecule has 18 heavy (non-hydrogen) atoms. The molecule has 0 unspecified atom stereocenters. The molecule has 0 atom stereocenters. The average molecular weight is 246 g/mol. The molecule has 0 aromatic heterocycles. The van der Waals surface area contributed by atoms with Gasteiger partial charge in [0.15, 0.2) is 0 Å². The van der Waals surface area contributed by atoms with Crippen molar-refractivity contribution in [1.82, 2.24) is 4.90 Å². The smallest absolute Gasteiger partial charge is 0.0314 e. The van der Waals surface area contributed by atoms with Gasteiger partial charge in [-0.2, -0.15) is 0 Å². The molecule has 0 heterocycles. The number of benzene rings is 1. The van der Waals surface area contributed by atoms with Crippen LogP contribution < -0.4 is 5.73 Å². The molecule has 100 valence electrons. The first-order valence-electron chi connectivity index (χ1n) is 6.58. The summed E-state index contributed by atoms with van der Waals surface area (Å²) in [6.07, 6.45) is 1.97. The number of hydrogen-bond acceptors (Lipinski definition) is 2. The van der Waals surface area contributed by atoms with E-state index in [0.717, 1.165) is 18.8 Å². The molecule has 0 saturated carbocycles. The maximum Gasteiger partial charge on any atom is 0.0314 e. The summed E-state index contributed by atoms with van der Waals surface area (Å²) >= 11 is 0. The average Bonchev–Trinajstić information content (AvgIpc) is 2.28. The molecule has 2 nitrogen and oxygen atoms in total. The largest absolute Gasteiger partial charge is 0.399 e. The molecular formula is C16H26N2. The minimum Gasteiger partial charge on any atom is -0.399 e. The van der Waals surface area contributed by atoms with E-state index in [2.05, 4.69) is 51.3 Å². The quantitative estimate of drug-likeness (QED) is 0.615. The third-order valence-electron chi connectivity index (χ3n) is 3.38. The van der Waals surface area contributed by atoms with Crippen molar-refractivity contribution in [3.8, 4) is 0 Å². The second-order valence-electron chi connectivity index (χ2n) is 5.82. The van der Waals surface area contributed by atoms with Crippen LogP contribution in [0, 0.1) is 0 Å². The first kappa shape index (κ1) is 14.8. The van der Waals surface area contributed by atoms with E-state index in [1.807, 2.05) is 18.2 Å². The standard InChI is InChI=1S/C16H26N2/c1-6-11-18(13(2)3)12-16(4,5)14-7-9-15(17)10-8-14/h6-10,13H,1,11-12,17H2,2-5H3. The number of anilines is 1. The monoisotopic (exact) mass is 246 g/mol. The fourth-order valence-electron chi connectivity index (χ4n) is 2.16. The number of nitrogen functional groups attached to an aromatic ring is 1. The molecule has 0 amide bonds. The van der Waals surface area contributed by atoms with E-state index in [0.29, 0.717) is 6.04 Å². The lowest BCUT2D eigenvalue weighted by molar-refractivity contribution is 0.200. The van der Waals surface area contributed by atoms with Crippen LogP contribution in [0.5, 0.6) is 0 Å². The van der Waals surface area contributed by atoms with E-state index in [9.17, 15) is 0 Å². The molecule has 0 bridgehead atoms. The van der Waals surface area contributed by atoms with E-state index >= 15 is 0 Å². The Hall–Kier alpha value is -1.28. The Morgan fingerprint density at radius 2 is 1.83 bits per heavy atom. The molecule has 0 fully saturated rings. The van der Waals surface area contributed by atoms with E-state index in [4.69, 9.17) is 5.73 Å². The first-order chi connectivity index (χ1) is 8.36. The van der Waals surface area contributed by atoms with E-state index in [1.54, 1.807) is 0 Å². The summed E-state index contributed by atoms with van der Waals surface area (Å²) in [4.78, 5) is 2.43. The third-order valence-corrected chi connectivity index (χ3v) is 3.38. The molecule has 1 rings (SSSR count). The lowest BCUT2D eigenvalue weighted by Crippen LogP contribution is -2.41. The Balaban J connectivity index is 2.85. The highest BCUT2D eigenvalue weighted by molar-refractivity contribution is 5.41. The van der Waals surface area contributed by atoms with Gasteiger partial charge >= 0.3 is 0 Å². The summed E-state index contributed by atoms with van der Waals surface area (Å²) in [7, 11) is 0. The van der Waals surface area contributed by atoms with Crippen LogP contribution in [0.4, 0.5) is 5.69 Å². The molecule has 1 aromatic carbocycles. The maximum absolute atomic E-state index is 5.74. The van der Waals surface area contributed by atoms with Crippen LogP contribution in [0.2, 0.25) is 0 Å². The highest BCUT2D eigenvalue weighted by Gasteiger charge is 2.24. The summed E-state index contributed by atoms with van der Waals surface area (Å²) in [5, 5.41) is 0. The van der Waals surface area contributed by atoms with Crippen molar-refractivity contribution in [2.24, 2.45) is 0 Å². The van der Waals surface area contributed by atoms with Crippen LogP contribution in [-0.4, -0.2) is 24.0 Å². The molecule has 0 saturated heterocycles. The minimum atomic E-state index is 0.112. The zero-order valence-electron chi connectivity index (χ0n) is 12.1. The number of rotatable bonds is 6. The van der Waals surface area contributed by atoms with Gasteiger partial charge in [0, 0.05) is 30.2 Å². The Kier molecular flexibility index (Phi) is 4.97. The highest BCUT2D eigenvalue weighted by atomic mass is 15.1. The molecule has 0 aliphatic carbocycles. The molecule has 0 spiro atoms. The van der Waals surface area contributed by atoms with Gasteiger partial charge in [0.25, 0.3) is 0 Å². The Labute approximate surface area is 111 Å². The lowest BCUT2D eigenvalue weighted by Gasteiger charge is -2.35. The number of nitrogens with zero attached hydrogens (tertiary/aromatic N) is 1. The Morgan fingerprint density at radius 3 is 2.28 bits per heavy atom. The van der Waals surface area contributed by atoms with Gasteiger partial charge in [0.05, 0.1) is 0 Å². The molecule has 2 heteroatoms. The summed E-state index contributed by atoms with van der Waals surface area (Å²) in [6.45, 7) is 14.8. The van der Waals surface area contributed by atoms with Crippen molar-refractivity contribution in [2.75, 3.05) is 18.8 Å². The summed E-state index contributed by atoms with van der Waals surface area (Å²) < 4.78 is 0. The first-order valence-corrected chi connectivity index (χ1v) is 6.58. The molecule has 1 aromatic rings. The Bertz CT molecular complexity index is 377. The third kappa shape index (κ3) is 3.88. The van der Waals surface area contributed by atoms with Crippen LogP contribution in [0.15, 0.2) is 36.9 Å². The van der Waals surface area contributed by atoms with Crippen LogP contribution in [0.3, 0.4) is 0 Å². The topological polar surface area (TPSA) is 29.3 Å². The van der Waals surface area contributed by atoms with Crippen molar-refractivity contribution in [2.45, 2.75) is 39.2 Å². The van der Waals surface area contributed by atoms with Crippen molar-refractivity contribution in [3.05, 3.63) is 42.5 Å². The summed E-state index contributed by atoms with van der Waals surface area (Å²) in [5.41, 5.74) is 8.00. The van der Waals surface area contributed by atoms with Crippen LogP contribution in [0.1, 0.15) is 33.3 Å². The van der Waals surface area contributed by atoms with Crippen molar-refractivity contribution in [3.63, 3.8) is 0 Å². The number of hydrogen-bond donors (Lipinski definition) is 1. The predicted octanol–water partition coefficient (Wildman–Crippen LogP) is 3.44. The maximum atomic E-state index is 5.74. The van der Waals surface area contributed by atoms with Crippen molar-refractivity contribution < 1.29 is 0 Å². The van der Waals surface area contributed by atoms with Gasteiger partial charge < -0.3 is 5.73 Å². The zero-order chi connectivity index (χ0) is 13.8. The molecule has 0 radical (unpaired) electrons. The SMILES string of the molecule is C=CCN(CC(C)(C)c1ccc(N)cc1)C(C)C. The van der Waals surface area contributed by atoms with Gasteiger partial charge in [-0.15, -0.1) is 6.58 Å².